The summed E-state index contributed by atoms with van der Waals surface area (Å²) in [5.74, 6) is -1.93. The largest absolute Gasteiger partial charge is 0.363 e. The molecule has 0 aliphatic heterocycles. The van der Waals surface area contributed by atoms with Gasteiger partial charge in [0, 0.05) is 18.1 Å². The number of para-hydroxylation sites is 1. The van der Waals surface area contributed by atoms with Crippen molar-refractivity contribution in [3.63, 3.8) is 0 Å². The van der Waals surface area contributed by atoms with Crippen LogP contribution >= 0.6 is 0 Å². The molecule has 0 heterocycles. The van der Waals surface area contributed by atoms with Crippen molar-refractivity contribution >= 4 is 17.4 Å². The van der Waals surface area contributed by atoms with Gasteiger partial charge in [0.2, 0.25) is 5.78 Å². The number of carbonyl (C=O) groups excluding carboxylic acids is 2. The SMILES string of the molecule is NC(=O)C(=O)Cc1ccccc1[N+](=O)[O-]. The standard InChI is InChI=1S/C9H8N2O4/c10-9(13)8(12)5-6-3-1-2-4-7(6)11(14)15/h1-4H,5H2,(H2,10,13). The highest BCUT2D eigenvalue weighted by Gasteiger charge is 2.17. The molecule has 0 saturated heterocycles. The Hall–Kier alpha value is -2.24. The summed E-state index contributed by atoms with van der Waals surface area (Å²) >= 11 is 0. The van der Waals surface area contributed by atoms with E-state index in [1.807, 2.05) is 0 Å². The molecule has 0 aliphatic carbocycles. The number of hydrogen-bond donors (Lipinski definition) is 1. The molecule has 0 atom stereocenters. The van der Waals surface area contributed by atoms with Crippen molar-refractivity contribution < 1.29 is 14.5 Å². The van der Waals surface area contributed by atoms with E-state index < -0.39 is 16.6 Å². The molecule has 1 aromatic rings. The second-order valence-electron chi connectivity index (χ2n) is 2.85. The van der Waals surface area contributed by atoms with Crippen LogP contribution in [-0.2, 0) is 16.0 Å². The predicted octanol–water partition coefficient (Wildman–Crippen LogP) is 0.192. The lowest BCUT2D eigenvalue weighted by molar-refractivity contribution is -0.385. The average Bonchev–Trinajstić information content (AvgIpc) is 2.18. The van der Waals surface area contributed by atoms with E-state index in [2.05, 4.69) is 0 Å². The van der Waals surface area contributed by atoms with Crippen molar-refractivity contribution in [1.82, 2.24) is 0 Å². The van der Waals surface area contributed by atoms with Crippen LogP contribution in [-0.4, -0.2) is 16.6 Å². The van der Waals surface area contributed by atoms with Gasteiger partial charge in [-0.3, -0.25) is 19.7 Å². The zero-order valence-electron chi connectivity index (χ0n) is 7.67. The Kier molecular flexibility index (Phi) is 3.12. The number of nitro groups is 1. The quantitative estimate of drug-likeness (QED) is 0.433. The third-order valence-corrected chi connectivity index (χ3v) is 1.81. The van der Waals surface area contributed by atoms with E-state index in [1.54, 1.807) is 6.07 Å². The fourth-order valence-electron chi connectivity index (χ4n) is 1.10. The highest BCUT2D eigenvalue weighted by molar-refractivity contribution is 6.36. The summed E-state index contributed by atoms with van der Waals surface area (Å²) in [5, 5.41) is 10.6. The van der Waals surface area contributed by atoms with E-state index in [1.165, 1.54) is 18.2 Å². The van der Waals surface area contributed by atoms with Crippen molar-refractivity contribution in [3.05, 3.63) is 39.9 Å². The van der Waals surface area contributed by atoms with Crippen LogP contribution in [0.5, 0.6) is 0 Å². The van der Waals surface area contributed by atoms with Gasteiger partial charge in [-0.2, -0.15) is 0 Å². The fraction of sp³-hybridized carbons (Fsp3) is 0.111. The third-order valence-electron chi connectivity index (χ3n) is 1.81. The van der Waals surface area contributed by atoms with Crippen molar-refractivity contribution in [3.8, 4) is 0 Å². The molecule has 0 radical (unpaired) electrons. The Morgan fingerprint density at radius 2 is 1.93 bits per heavy atom. The van der Waals surface area contributed by atoms with E-state index >= 15 is 0 Å². The van der Waals surface area contributed by atoms with Gasteiger partial charge < -0.3 is 5.73 Å². The zero-order valence-corrected chi connectivity index (χ0v) is 7.67. The number of benzene rings is 1. The number of nitrogens with zero attached hydrogens (tertiary/aromatic N) is 1. The van der Waals surface area contributed by atoms with Gasteiger partial charge in [0.15, 0.2) is 0 Å². The maximum atomic E-state index is 11.0. The number of ketones is 1. The number of nitro benzene ring substituents is 1. The molecule has 0 bridgehead atoms. The number of rotatable bonds is 4. The Bertz CT molecular complexity index is 428. The summed E-state index contributed by atoms with van der Waals surface area (Å²) in [6, 6.07) is 5.72. The minimum absolute atomic E-state index is 0.186. The highest BCUT2D eigenvalue weighted by Crippen LogP contribution is 2.17. The first kappa shape index (κ1) is 10.8. The van der Waals surface area contributed by atoms with Crippen LogP contribution in [0.4, 0.5) is 5.69 Å². The molecule has 0 spiro atoms. The Balaban J connectivity index is 2.99. The molecular weight excluding hydrogens is 200 g/mol. The number of hydrogen-bond acceptors (Lipinski definition) is 4. The maximum absolute atomic E-state index is 11.0. The van der Waals surface area contributed by atoms with Crippen LogP contribution in [0.1, 0.15) is 5.56 Å². The van der Waals surface area contributed by atoms with E-state index in [0.717, 1.165) is 0 Å². The van der Waals surface area contributed by atoms with Crippen molar-refractivity contribution in [1.29, 1.82) is 0 Å². The van der Waals surface area contributed by atoms with Crippen LogP contribution in [0.25, 0.3) is 0 Å². The smallest absolute Gasteiger partial charge is 0.285 e. The van der Waals surface area contributed by atoms with Gasteiger partial charge in [0.05, 0.1) is 4.92 Å². The van der Waals surface area contributed by atoms with Crippen LogP contribution in [0.15, 0.2) is 24.3 Å². The van der Waals surface area contributed by atoms with Crippen LogP contribution in [0, 0.1) is 10.1 Å². The molecule has 6 nitrogen and oxygen atoms in total. The minimum atomic E-state index is -1.09. The van der Waals surface area contributed by atoms with Crippen LogP contribution in [0.2, 0.25) is 0 Å². The van der Waals surface area contributed by atoms with E-state index in [9.17, 15) is 19.7 Å². The number of nitrogens with two attached hydrogens (primary N) is 1. The van der Waals surface area contributed by atoms with Gasteiger partial charge in [-0.15, -0.1) is 0 Å². The first-order valence-electron chi connectivity index (χ1n) is 4.07. The molecule has 1 rings (SSSR count). The highest BCUT2D eigenvalue weighted by atomic mass is 16.6. The zero-order chi connectivity index (χ0) is 11.4. The molecule has 78 valence electrons. The molecule has 0 unspecified atom stereocenters. The number of carbonyl (C=O) groups is 2. The van der Waals surface area contributed by atoms with Gasteiger partial charge in [-0.1, -0.05) is 18.2 Å². The lowest BCUT2D eigenvalue weighted by atomic mass is 10.1. The average molecular weight is 208 g/mol. The van der Waals surface area contributed by atoms with Crippen molar-refractivity contribution in [2.45, 2.75) is 6.42 Å². The summed E-state index contributed by atoms with van der Waals surface area (Å²) in [4.78, 5) is 31.4. The lowest BCUT2D eigenvalue weighted by Crippen LogP contribution is -2.24. The van der Waals surface area contributed by atoms with Crippen molar-refractivity contribution in [2.75, 3.05) is 0 Å². The molecule has 6 heteroatoms. The first-order valence-corrected chi connectivity index (χ1v) is 4.07. The molecule has 2 N–H and O–H groups in total. The number of amides is 1. The molecule has 0 aromatic heterocycles. The second-order valence-corrected chi connectivity index (χ2v) is 2.85. The summed E-state index contributed by atoms with van der Waals surface area (Å²) in [6.45, 7) is 0. The molecular formula is C9H8N2O4. The van der Waals surface area contributed by atoms with Gasteiger partial charge in [0.1, 0.15) is 0 Å². The topological polar surface area (TPSA) is 103 Å². The predicted molar refractivity (Wildman–Crippen MR) is 51.0 cm³/mol. The normalized spacial score (nSPS) is 9.60. The molecule has 0 fully saturated rings. The number of Topliss-reactive ketones (excluding diaryl/α,β-unsaturated/α-hetero) is 1. The third kappa shape index (κ3) is 2.60. The van der Waals surface area contributed by atoms with Crippen LogP contribution in [0.3, 0.4) is 0 Å². The van der Waals surface area contributed by atoms with Gasteiger partial charge in [0.25, 0.3) is 11.6 Å². The van der Waals surface area contributed by atoms with Gasteiger partial charge in [-0.25, -0.2) is 0 Å². The molecule has 1 amide bonds. The summed E-state index contributed by atoms with van der Waals surface area (Å²) < 4.78 is 0. The maximum Gasteiger partial charge on any atom is 0.285 e. The second kappa shape index (κ2) is 4.32. The molecule has 0 aliphatic rings. The lowest BCUT2D eigenvalue weighted by Gasteiger charge is -1.99. The van der Waals surface area contributed by atoms with Crippen molar-refractivity contribution in [2.24, 2.45) is 5.73 Å². The first-order chi connectivity index (χ1) is 7.02. The molecule has 0 saturated carbocycles. The number of primary amides is 1. The van der Waals surface area contributed by atoms with Gasteiger partial charge >= 0.3 is 0 Å². The minimum Gasteiger partial charge on any atom is -0.363 e. The molecule has 1 aromatic carbocycles. The van der Waals surface area contributed by atoms with E-state index in [4.69, 9.17) is 5.73 Å². The van der Waals surface area contributed by atoms with E-state index in [0.29, 0.717) is 0 Å². The fourth-order valence-corrected chi connectivity index (χ4v) is 1.10. The Morgan fingerprint density at radius 1 is 1.33 bits per heavy atom. The Labute approximate surface area is 84.8 Å². The monoisotopic (exact) mass is 208 g/mol. The summed E-state index contributed by atoms with van der Waals surface area (Å²) in [5.41, 5.74) is 4.75. The molecule has 15 heavy (non-hydrogen) atoms. The van der Waals surface area contributed by atoms with E-state index in [-0.39, 0.29) is 17.7 Å². The van der Waals surface area contributed by atoms with Crippen LogP contribution < -0.4 is 5.73 Å². The Morgan fingerprint density at radius 3 is 2.47 bits per heavy atom. The van der Waals surface area contributed by atoms with Gasteiger partial charge in [-0.05, 0) is 0 Å². The summed E-state index contributed by atoms with van der Waals surface area (Å²) in [6.07, 6.45) is -0.341. The summed E-state index contributed by atoms with van der Waals surface area (Å²) in [7, 11) is 0.